The van der Waals surface area contributed by atoms with E-state index in [2.05, 4.69) is 193 Å². The van der Waals surface area contributed by atoms with Crippen molar-refractivity contribution in [3.8, 4) is 50.6 Å². The minimum Gasteiger partial charge on any atom is -0.292 e. The maximum Gasteiger partial charge on any atom is 0.145 e. The van der Waals surface area contributed by atoms with Gasteiger partial charge in [0.05, 0.1) is 11.2 Å². The molecule has 55 heavy (non-hydrogen) atoms. The van der Waals surface area contributed by atoms with Gasteiger partial charge in [-0.2, -0.15) is 0 Å². The lowest BCUT2D eigenvalue weighted by molar-refractivity contribution is 1.10. The van der Waals surface area contributed by atoms with Gasteiger partial charge in [0.1, 0.15) is 11.3 Å². The molecule has 0 fully saturated rings. The van der Waals surface area contributed by atoms with Crippen LogP contribution in [0.1, 0.15) is 0 Å². The zero-order valence-electron chi connectivity index (χ0n) is 29.9. The third-order valence-electron chi connectivity index (χ3n) is 11.0. The Morgan fingerprint density at radius 2 is 0.836 bits per heavy atom. The number of rotatable bonds is 5. The summed E-state index contributed by atoms with van der Waals surface area (Å²) in [6, 6.07) is 69.8. The van der Waals surface area contributed by atoms with Crippen molar-refractivity contribution < 1.29 is 0 Å². The molecule has 11 rings (SSSR count). The first-order chi connectivity index (χ1) is 27.3. The highest BCUT2D eigenvalue weighted by atomic mass is 15.1. The molecule has 3 nitrogen and oxygen atoms in total. The second-order valence-corrected chi connectivity index (χ2v) is 14.2. The van der Waals surface area contributed by atoms with Gasteiger partial charge in [0.2, 0.25) is 0 Å². The first-order valence-electron chi connectivity index (χ1n) is 18.7. The predicted molar refractivity (Wildman–Crippen MR) is 231 cm³/mol. The fourth-order valence-electron chi connectivity index (χ4n) is 8.50. The van der Waals surface area contributed by atoms with Gasteiger partial charge in [0.15, 0.2) is 0 Å². The molecule has 0 amide bonds. The Labute approximate surface area is 318 Å². The topological polar surface area (TPSA) is 30.7 Å². The number of para-hydroxylation sites is 1. The second-order valence-electron chi connectivity index (χ2n) is 14.2. The molecule has 3 heteroatoms. The zero-order chi connectivity index (χ0) is 36.3. The molecule has 0 aliphatic rings. The molecule has 0 aliphatic heterocycles. The van der Waals surface area contributed by atoms with E-state index in [1.165, 1.54) is 54.2 Å². The number of pyridine rings is 1. The summed E-state index contributed by atoms with van der Waals surface area (Å²) in [6.45, 7) is 0. The van der Waals surface area contributed by atoms with Crippen molar-refractivity contribution in [2.45, 2.75) is 0 Å². The van der Waals surface area contributed by atoms with Crippen LogP contribution < -0.4 is 0 Å². The monoisotopic (exact) mass is 699 g/mol. The van der Waals surface area contributed by atoms with E-state index in [-0.39, 0.29) is 0 Å². The smallest absolute Gasteiger partial charge is 0.145 e. The number of hydrogen-bond acceptors (Lipinski definition) is 2. The number of hydrogen-bond donors (Lipinski definition) is 0. The molecule has 9 aromatic carbocycles. The summed E-state index contributed by atoms with van der Waals surface area (Å²) < 4.78 is 2.29. The van der Waals surface area contributed by atoms with E-state index in [4.69, 9.17) is 9.97 Å². The molecule has 2 heterocycles. The van der Waals surface area contributed by atoms with Gasteiger partial charge in [-0.05, 0) is 114 Å². The van der Waals surface area contributed by atoms with Crippen molar-refractivity contribution in [1.82, 2.24) is 14.5 Å². The SMILES string of the molecule is c1ccc(-c2nccc3c2nc(-c2cc(-c4cc5ccccc5c5ccccc45)cc(-c4cc5ccccc5c5ccccc45)c2)n3-c2ccccc2)cc1. The van der Waals surface area contributed by atoms with Crippen molar-refractivity contribution in [3.63, 3.8) is 0 Å². The molecule has 0 radical (unpaired) electrons. The Balaban J connectivity index is 1.27. The van der Waals surface area contributed by atoms with Crippen LogP contribution in [-0.4, -0.2) is 14.5 Å². The lowest BCUT2D eigenvalue weighted by Crippen LogP contribution is -1.98. The fourth-order valence-corrected chi connectivity index (χ4v) is 8.50. The van der Waals surface area contributed by atoms with Gasteiger partial charge in [-0.1, -0.05) is 146 Å². The first kappa shape index (κ1) is 31.2. The van der Waals surface area contributed by atoms with Crippen molar-refractivity contribution >= 4 is 54.1 Å². The summed E-state index contributed by atoms with van der Waals surface area (Å²) in [7, 11) is 0. The quantitative estimate of drug-likeness (QED) is 0.167. The van der Waals surface area contributed by atoms with Crippen LogP contribution in [0.5, 0.6) is 0 Å². The minimum absolute atomic E-state index is 0.865. The lowest BCUT2D eigenvalue weighted by Gasteiger charge is -2.17. The van der Waals surface area contributed by atoms with Crippen LogP contribution in [0.15, 0.2) is 200 Å². The Bertz CT molecular complexity index is 3110. The Morgan fingerprint density at radius 1 is 0.364 bits per heavy atom. The highest BCUT2D eigenvalue weighted by Crippen LogP contribution is 2.43. The standard InChI is InChI=1S/C52H33N3/c1-3-15-34(16-4-1)50-51-49(27-28-53-50)55(40-19-5-2-6-20-40)52(54-51)39-30-37(47-32-35-17-7-9-21-41(35)43-23-11-13-25-45(43)47)29-38(31-39)48-33-36-18-8-10-22-42(36)44-24-12-14-26-46(44)48/h1-33H. The summed E-state index contributed by atoms with van der Waals surface area (Å²) >= 11 is 0. The first-order valence-corrected chi connectivity index (χ1v) is 18.7. The second kappa shape index (κ2) is 12.6. The van der Waals surface area contributed by atoms with Crippen molar-refractivity contribution in [1.29, 1.82) is 0 Å². The van der Waals surface area contributed by atoms with Gasteiger partial charge in [-0.3, -0.25) is 9.55 Å². The molecule has 0 saturated carbocycles. The van der Waals surface area contributed by atoms with Gasteiger partial charge in [0.25, 0.3) is 0 Å². The van der Waals surface area contributed by atoms with E-state index < -0.39 is 0 Å². The average Bonchev–Trinajstić information content (AvgIpc) is 3.66. The molecule has 256 valence electrons. The Kier molecular flexibility index (Phi) is 7.17. The summed E-state index contributed by atoms with van der Waals surface area (Å²) in [4.78, 5) is 10.4. The number of imidazole rings is 1. The fraction of sp³-hybridized carbons (Fsp3) is 0. The summed E-state index contributed by atoms with van der Waals surface area (Å²) in [5.74, 6) is 0.865. The largest absolute Gasteiger partial charge is 0.292 e. The number of benzene rings is 9. The normalized spacial score (nSPS) is 11.6. The maximum atomic E-state index is 5.53. The van der Waals surface area contributed by atoms with E-state index in [0.29, 0.717) is 0 Å². The molecule has 0 unspecified atom stereocenters. The van der Waals surface area contributed by atoms with Gasteiger partial charge in [-0.15, -0.1) is 0 Å². The maximum absolute atomic E-state index is 5.53. The van der Waals surface area contributed by atoms with Crippen LogP contribution in [-0.2, 0) is 0 Å². The summed E-state index contributed by atoms with van der Waals surface area (Å²) in [5, 5.41) is 9.88. The zero-order valence-corrected chi connectivity index (χ0v) is 29.9. The molecule has 0 N–H and O–H groups in total. The number of nitrogens with zero attached hydrogens (tertiary/aromatic N) is 3. The van der Waals surface area contributed by atoms with Crippen LogP contribution in [0, 0.1) is 0 Å². The molecule has 0 bridgehead atoms. The Morgan fingerprint density at radius 3 is 1.42 bits per heavy atom. The predicted octanol–water partition coefficient (Wildman–Crippen LogP) is 13.7. The highest BCUT2D eigenvalue weighted by Gasteiger charge is 2.21. The molecule has 0 saturated heterocycles. The number of fused-ring (bicyclic) bond motifs is 7. The van der Waals surface area contributed by atoms with Gasteiger partial charge < -0.3 is 0 Å². The molecular formula is C52H33N3. The molecule has 0 atom stereocenters. The number of aromatic nitrogens is 3. The molecule has 0 aliphatic carbocycles. The van der Waals surface area contributed by atoms with E-state index in [9.17, 15) is 0 Å². The molecule has 11 aromatic rings. The van der Waals surface area contributed by atoms with Gasteiger partial charge in [-0.25, -0.2) is 4.98 Å². The average molecular weight is 700 g/mol. The van der Waals surface area contributed by atoms with Crippen LogP contribution in [0.25, 0.3) is 105 Å². The minimum atomic E-state index is 0.865. The van der Waals surface area contributed by atoms with E-state index in [0.717, 1.165) is 50.5 Å². The van der Waals surface area contributed by atoms with E-state index in [1.807, 2.05) is 12.3 Å². The van der Waals surface area contributed by atoms with Crippen molar-refractivity contribution in [3.05, 3.63) is 200 Å². The van der Waals surface area contributed by atoms with Crippen LogP contribution in [0.4, 0.5) is 0 Å². The van der Waals surface area contributed by atoms with E-state index in [1.54, 1.807) is 0 Å². The third kappa shape index (κ3) is 5.13. The van der Waals surface area contributed by atoms with Crippen LogP contribution >= 0.6 is 0 Å². The van der Waals surface area contributed by atoms with Gasteiger partial charge in [0, 0.05) is 23.0 Å². The Hall–Kier alpha value is -7.36. The van der Waals surface area contributed by atoms with E-state index >= 15 is 0 Å². The third-order valence-corrected chi connectivity index (χ3v) is 11.0. The highest BCUT2D eigenvalue weighted by molar-refractivity contribution is 6.16. The summed E-state index contributed by atoms with van der Waals surface area (Å²) in [5.41, 5.74) is 10.5. The van der Waals surface area contributed by atoms with Crippen LogP contribution in [0.2, 0.25) is 0 Å². The molecule has 0 spiro atoms. The van der Waals surface area contributed by atoms with Gasteiger partial charge >= 0.3 is 0 Å². The van der Waals surface area contributed by atoms with Crippen molar-refractivity contribution in [2.24, 2.45) is 0 Å². The molecular weight excluding hydrogens is 667 g/mol. The van der Waals surface area contributed by atoms with Crippen molar-refractivity contribution in [2.75, 3.05) is 0 Å². The molecule has 2 aromatic heterocycles. The van der Waals surface area contributed by atoms with Crippen LogP contribution in [0.3, 0.4) is 0 Å². The lowest BCUT2D eigenvalue weighted by atomic mass is 9.88. The summed E-state index contributed by atoms with van der Waals surface area (Å²) in [6.07, 6.45) is 1.90.